The molecule has 2 N–H and O–H groups in total. The van der Waals surface area contributed by atoms with E-state index in [0.29, 0.717) is 17.1 Å². The highest BCUT2D eigenvalue weighted by Crippen LogP contribution is 2.23. The smallest absolute Gasteiger partial charge is 0.233 e. The van der Waals surface area contributed by atoms with Crippen LogP contribution in [0.1, 0.15) is 12.0 Å². The number of para-hydroxylation sites is 3. The van der Waals surface area contributed by atoms with E-state index in [9.17, 15) is 9.59 Å². The fraction of sp³-hybridized carbons (Fsp3) is 0.176. The monoisotopic (exact) mass is 298 g/mol. The molecule has 2 rings (SSSR count). The Labute approximate surface area is 129 Å². The Morgan fingerprint density at radius 2 is 1.45 bits per heavy atom. The summed E-state index contributed by atoms with van der Waals surface area (Å²) in [5, 5.41) is 5.39. The molecular weight excluding hydrogens is 280 g/mol. The number of benzene rings is 2. The molecule has 0 atom stereocenters. The molecule has 5 heteroatoms. The first kappa shape index (κ1) is 15.6. The highest BCUT2D eigenvalue weighted by atomic mass is 16.5. The molecule has 5 nitrogen and oxygen atoms in total. The van der Waals surface area contributed by atoms with Gasteiger partial charge in [-0.2, -0.15) is 0 Å². The quantitative estimate of drug-likeness (QED) is 0.834. The van der Waals surface area contributed by atoms with E-state index in [-0.39, 0.29) is 12.3 Å². The Bertz CT molecular complexity index is 683. The van der Waals surface area contributed by atoms with Crippen molar-refractivity contribution in [2.24, 2.45) is 0 Å². The van der Waals surface area contributed by atoms with Crippen LogP contribution in [-0.4, -0.2) is 18.9 Å². The molecule has 2 aromatic carbocycles. The second kappa shape index (κ2) is 7.26. The molecule has 0 saturated heterocycles. The summed E-state index contributed by atoms with van der Waals surface area (Å²) in [4.78, 5) is 23.9. The summed E-state index contributed by atoms with van der Waals surface area (Å²) < 4.78 is 5.15. The fourth-order valence-electron chi connectivity index (χ4n) is 2.00. The van der Waals surface area contributed by atoms with E-state index in [0.717, 1.165) is 5.56 Å². The molecule has 2 amide bonds. The van der Waals surface area contributed by atoms with Crippen molar-refractivity contribution in [1.82, 2.24) is 0 Å². The van der Waals surface area contributed by atoms with Crippen LogP contribution in [0, 0.1) is 6.92 Å². The Hall–Kier alpha value is -2.82. The van der Waals surface area contributed by atoms with Gasteiger partial charge in [-0.25, -0.2) is 0 Å². The average molecular weight is 298 g/mol. The third-order valence-corrected chi connectivity index (χ3v) is 3.12. The van der Waals surface area contributed by atoms with E-state index >= 15 is 0 Å². The van der Waals surface area contributed by atoms with Crippen molar-refractivity contribution < 1.29 is 14.3 Å². The highest BCUT2D eigenvalue weighted by Gasteiger charge is 2.12. The molecule has 0 bridgehead atoms. The van der Waals surface area contributed by atoms with Gasteiger partial charge in [0.2, 0.25) is 11.8 Å². The van der Waals surface area contributed by atoms with E-state index in [1.165, 1.54) is 7.11 Å². The van der Waals surface area contributed by atoms with Gasteiger partial charge in [-0.3, -0.25) is 9.59 Å². The van der Waals surface area contributed by atoms with E-state index in [1.807, 2.05) is 25.1 Å². The van der Waals surface area contributed by atoms with Crippen molar-refractivity contribution in [1.29, 1.82) is 0 Å². The van der Waals surface area contributed by atoms with Crippen molar-refractivity contribution in [3.8, 4) is 5.75 Å². The zero-order valence-corrected chi connectivity index (χ0v) is 12.6. The molecule has 0 radical (unpaired) electrons. The number of ether oxygens (including phenoxy) is 1. The first-order valence-corrected chi connectivity index (χ1v) is 6.88. The Morgan fingerprint density at radius 1 is 0.909 bits per heavy atom. The van der Waals surface area contributed by atoms with Crippen LogP contribution < -0.4 is 15.4 Å². The van der Waals surface area contributed by atoms with Gasteiger partial charge >= 0.3 is 0 Å². The zero-order chi connectivity index (χ0) is 15.9. The lowest BCUT2D eigenvalue weighted by molar-refractivity contribution is -0.123. The number of rotatable bonds is 5. The largest absolute Gasteiger partial charge is 0.495 e. The van der Waals surface area contributed by atoms with Crippen molar-refractivity contribution in [2.45, 2.75) is 13.3 Å². The normalized spacial score (nSPS) is 9.91. The molecule has 2 aromatic rings. The van der Waals surface area contributed by atoms with Gasteiger partial charge in [0.05, 0.1) is 12.8 Å². The van der Waals surface area contributed by atoms with Gasteiger partial charge in [-0.1, -0.05) is 30.3 Å². The summed E-state index contributed by atoms with van der Waals surface area (Å²) in [6.45, 7) is 1.89. The summed E-state index contributed by atoms with van der Waals surface area (Å²) in [6, 6.07) is 14.5. The van der Waals surface area contributed by atoms with Crippen molar-refractivity contribution in [3.05, 3.63) is 54.1 Å². The van der Waals surface area contributed by atoms with Gasteiger partial charge in [0, 0.05) is 5.69 Å². The van der Waals surface area contributed by atoms with Crippen LogP contribution in [0.15, 0.2) is 48.5 Å². The van der Waals surface area contributed by atoms with E-state index in [1.54, 1.807) is 30.3 Å². The van der Waals surface area contributed by atoms with E-state index in [2.05, 4.69) is 10.6 Å². The maximum atomic E-state index is 11.9. The molecule has 114 valence electrons. The van der Waals surface area contributed by atoms with Crippen molar-refractivity contribution >= 4 is 23.2 Å². The Morgan fingerprint density at radius 3 is 2.09 bits per heavy atom. The minimum atomic E-state index is -0.393. The highest BCUT2D eigenvalue weighted by molar-refractivity contribution is 6.08. The molecule has 0 spiro atoms. The van der Waals surface area contributed by atoms with Crippen LogP contribution in [0.2, 0.25) is 0 Å². The van der Waals surface area contributed by atoms with Crippen molar-refractivity contribution in [2.75, 3.05) is 17.7 Å². The number of methoxy groups -OCH3 is 1. The van der Waals surface area contributed by atoms with Crippen LogP contribution in [0.5, 0.6) is 5.75 Å². The number of nitrogens with one attached hydrogen (secondary N) is 2. The van der Waals surface area contributed by atoms with Crippen LogP contribution in [0.3, 0.4) is 0 Å². The molecule has 0 aliphatic carbocycles. The summed E-state index contributed by atoms with van der Waals surface area (Å²) in [7, 11) is 1.52. The lowest BCUT2D eigenvalue weighted by Crippen LogP contribution is -2.22. The average Bonchev–Trinajstić information content (AvgIpc) is 2.50. The molecule has 0 aliphatic heterocycles. The zero-order valence-electron chi connectivity index (χ0n) is 12.6. The number of carbonyl (C=O) groups is 2. The maximum absolute atomic E-state index is 11.9. The van der Waals surface area contributed by atoms with E-state index < -0.39 is 5.91 Å². The third kappa shape index (κ3) is 4.09. The molecule has 0 aliphatic rings. The maximum Gasteiger partial charge on any atom is 0.233 e. The van der Waals surface area contributed by atoms with Crippen molar-refractivity contribution in [3.63, 3.8) is 0 Å². The standard InChI is InChI=1S/C17H18N2O3/c1-12-7-3-4-8-13(12)18-16(20)11-17(21)19-14-9-5-6-10-15(14)22-2/h3-10H,11H2,1-2H3,(H,18,20)(H,19,21). The summed E-state index contributed by atoms with van der Waals surface area (Å²) in [5.41, 5.74) is 2.19. The Kier molecular flexibility index (Phi) is 5.14. The molecule has 0 saturated carbocycles. The lowest BCUT2D eigenvalue weighted by atomic mass is 10.2. The fourth-order valence-corrected chi connectivity index (χ4v) is 2.00. The summed E-state index contributed by atoms with van der Waals surface area (Å²) >= 11 is 0. The molecule has 0 aromatic heterocycles. The van der Waals surface area contributed by atoms with Crippen LogP contribution in [0.4, 0.5) is 11.4 Å². The topological polar surface area (TPSA) is 67.4 Å². The second-order valence-corrected chi connectivity index (χ2v) is 4.79. The van der Waals surface area contributed by atoms with Gasteiger partial charge in [0.15, 0.2) is 0 Å². The lowest BCUT2D eigenvalue weighted by Gasteiger charge is -2.10. The third-order valence-electron chi connectivity index (χ3n) is 3.12. The van der Waals surface area contributed by atoms with Crippen LogP contribution in [-0.2, 0) is 9.59 Å². The minimum absolute atomic E-state index is 0.258. The molecule has 22 heavy (non-hydrogen) atoms. The number of carbonyl (C=O) groups excluding carboxylic acids is 2. The molecule has 0 heterocycles. The minimum Gasteiger partial charge on any atom is -0.495 e. The molecule has 0 fully saturated rings. The summed E-state index contributed by atoms with van der Waals surface area (Å²) in [6.07, 6.45) is -0.258. The van der Waals surface area contributed by atoms with Gasteiger partial charge in [0.25, 0.3) is 0 Å². The van der Waals surface area contributed by atoms with Gasteiger partial charge in [0.1, 0.15) is 12.2 Å². The van der Waals surface area contributed by atoms with Gasteiger partial charge in [-0.15, -0.1) is 0 Å². The van der Waals surface area contributed by atoms with Crippen LogP contribution >= 0.6 is 0 Å². The number of hydrogen-bond donors (Lipinski definition) is 2. The summed E-state index contributed by atoms with van der Waals surface area (Å²) in [5.74, 6) is -0.201. The number of amides is 2. The first-order valence-electron chi connectivity index (χ1n) is 6.88. The molecule has 0 unspecified atom stereocenters. The molecular formula is C17H18N2O3. The first-order chi connectivity index (χ1) is 10.6. The van der Waals surface area contributed by atoms with Gasteiger partial charge in [-0.05, 0) is 30.7 Å². The number of hydrogen-bond acceptors (Lipinski definition) is 3. The predicted octanol–water partition coefficient (Wildman–Crippen LogP) is 2.97. The van der Waals surface area contributed by atoms with Crippen LogP contribution in [0.25, 0.3) is 0 Å². The second-order valence-electron chi connectivity index (χ2n) is 4.79. The predicted molar refractivity (Wildman–Crippen MR) is 86.0 cm³/mol. The SMILES string of the molecule is COc1ccccc1NC(=O)CC(=O)Nc1ccccc1C. The van der Waals surface area contributed by atoms with E-state index in [4.69, 9.17) is 4.74 Å². The van der Waals surface area contributed by atoms with Gasteiger partial charge < -0.3 is 15.4 Å². The Balaban J connectivity index is 1.94. The number of aryl methyl sites for hydroxylation is 1. The number of anilines is 2.